The lowest BCUT2D eigenvalue weighted by molar-refractivity contribution is 0.240. The molecule has 0 heterocycles. The Kier molecular flexibility index (Phi) is 8.22. The van der Waals surface area contributed by atoms with Crippen LogP contribution in [-0.2, 0) is 0 Å². The zero-order valence-corrected chi connectivity index (χ0v) is 17.0. The maximum absolute atomic E-state index is 10.6. The number of primary amides is 1. The molecular formula is C19H21Cl2N3O4. The van der Waals surface area contributed by atoms with Crippen molar-refractivity contribution in [3.8, 4) is 17.2 Å². The molecule has 2 amide bonds. The first-order chi connectivity index (χ1) is 13.4. The zero-order valence-electron chi connectivity index (χ0n) is 15.5. The topological polar surface area (TPSA) is 95.2 Å². The van der Waals surface area contributed by atoms with E-state index in [1.165, 1.54) is 13.3 Å². The molecule has 0 aliphatic rings. The van der Waals surface area contributed by atoms with Crippen molar-refractivity contribution < 1.29 is 19.0 Å². The molecule has 2 aromatic rings. The number of carbonyl (C=O) groups excluding carboxylic acids is 1. The monoisotopic (exact) mass is 425 g/mol. The molecule has 0 spiro atoms. The summed E-state index contributed by atoms with van der Waals surface area (Å²) in [5.41, 5.74) is 8.63. The van der Waals surface area contributed by atoms with Gasteiger partial charge in [0.25, 0.3) is 0 Å². The Morgan fingerprint density at radius 2 is 1.93 bits per heavy atom. The summed E-state index contributed by atoms with van der Waals surface area (Å²) < 4.78 is 16.7. The van der Waals surface area contributed by atoms with Gasteiger partial charge in [-0.25, -0.2) is 10.2 Å². The quantitative estimate of drug-likeness (QED) is 0.358. The van der Waals surface area contributed by atoms with Gasteiger partial charge in [-0.1, -0.05) is 23.2 Å². The first-order valence-electron chi connectivity index (χ1n) is 8.38. The minimum atomic E-state index is -0.759. The van der Waals surface area contributed by atoms with Crippen molar-refractivity contribution in [1.29, 1.82) is 0 Å². The third-order valence-electron chi connectivity index (χ3n) is 3.57. The van der Waals surface area contributed by atoms with Gasteiger partial charge in [0.05, 0.1) is 31.6 Å². The van der Waals surface area contributed by atoms with Gasteiger partial charge in [0.2, 0.25) is 0 Å². The fourth-order valence-electron chi connectivity index (χ4n) is 2.25. The number of benzene rings is 2. The maximum Gasteiger partial charge on any atom is 0.332 e. The number of nitrogens with zero attached hydrogens (tertiary/aromatic N) is 1. The number of halogens is 2. The highest BCUT2D eigenvalue weighted by atomic mass is 35.5. The van der Waals surface area contributed by atoms with Crippen molar-refractivity contribution in [3.05, 3.63) is 51.5 Å². The minimum Gasteiger partial charge on any atom is -0.493 e. The summed E-state index contributed by atoms with van der Waals surface area (Å²) in [6.07, 6.45) is 2.04. The molecule has 0 bridgehead atoms. The van der Waals surface area contributed by atoms with Gasteiger partial charge in [0.1, 0.15) is 5.75 Å². The molecule has 150 valence electrons. The van der Waals surface area contributed by atoms with Crippen LogP contribution in [0, 0.1) is 6.92 Å². The summed E-state index contributed by atoms with van der Waals surface area (Å²) in [4.78, 5) is 10.6. The highest BCUT2D eigenvalue weighted by Crippen LogP contribution is 2.36. The van der Waals surface area contributed by atoms with Gasteiger partial charge in [-0.3, -0.25) is 0 Å². The van der Waals surface area contributed by atoms with Crippen LogP contribution in [0.3, 0.4) is 0 Å². The van der Waals surface area contributed by atoms with Crippen molar-refractivity contribution >= 4 is 35.4 Å². The van der Waals surface area contributed by atoms with Gasteiger partial charge in [0.15, 0.2) is 11.5 Å². The van der Waals surface area contributed by atoms with Crippen LogP contribution >= 0.6 is 23.2 Å². The molecular weight excluding hydrogens is 405 g/mol. The van der Waals surface area contributed by atoms with E-state index in [-0.39, 0.29) is 0 Å². The number of hydrazone groups is 1. The number of rotatable bonds is 9. The van der Waals surface area contributed by atoms with Crippen LogP contribution in [0.25, 0.3) is 0 Å². The van der Waals surface area contributed by atoms with Crippen LogP contribution in [-0.4, -0.2) is 32.6 Å². The van der Waals surface area contributed by atoms with Gasteiger partial charge in [-0.05, 0) is 48.4 Å². The summed E-state index contributed by atoms with van der Waals surface area (Å²) in [7, 11) is 1.51. The average molecular weight is 426 g/mol. The molecule has 3 N–H and O–H groups in total. The van der Waals surface area contributed by atoms with Crippen LogP contribution in [0.15, 0.2) is 35.4 Å². The van der Waals surface area contributed by atoms with Crippen LogP contribution < -0.4 is 25.4 Å². The third-order valence-corrected chi connectivity index (χ3v) is 4.28. The lowest BCUT2D eigenvalue weighted by Crippen LogP contribution is -2.24. The summed E-state index contributed by atoms with van der Waals surface area (Å²) in [5.74, 6) is 1.62. The third kappa shape index (κ3) is 6.51. The molecule has 0 atom stereocenters. The van der Waals surface area contributed by atoms with Gasteiger partial charge >= 0.3 is 6.03 Å². The Bertz CT molecular complexity index is 859. The molecule has 2 aromatic carbocycles. The molecule has 0 aliphatic carbocycles. The van der Waals surface area contributed by atoms with E-state index in [9.17, 15) is 4.79 Å². The van der Waals surface area contributed by atoms with Crippen molar-refractivity contribution in [2.75, 3.05) is 20.3 Å². The molecule has 0 fully saturated rings. The Labute approximate surface area is 173 Å². The number of carbonyl (C=O) groups is 1. The predicted octanol–water partition coefficient (Wildman–Crippen LogP) is 4.16. The molecule has 0 aromatic heterocycles. The summed E-state index contributed by atoms with van der Waals surface area (Å²) in [6.45, 7) is 2.79. The highest BCUT2D eigenvalue weighted by molar-refractivity contribution is 6.32. The second-order valence-corrected chi connectivity index (χ2v) is 6.54. The lowest BCUT2D eigenvalue weighted by atomic mass is 10.2. The highest BCUT2D eigenvalue weighted by Gasteiger charge is 2.11. The van der Waals surface area contributed by atoms with Gasteiger partial charge in [-0.2, -0.15) is 5.10 Å². The SMILES string of the molecule is COc1cc(C=NNC(N)=O)cc(Cl)c1OCCCOc1ccc(Cl)c(C)c1. The lowest BCUT2D eigenvalue weighted by Gasteiger charge is -2.13. The Balaban J connectivity index is 1.89. The predicted molar refractivity (Wildman–Crippen MR) is 110 cm³/mol. The largest absolute Gasteiger partial charge is 0.493 e. The first-order valence-corrected chi connectivity index (χ1v) is 9.14. The molecule has 0 unspecified atom stereocenters. The summed E-state index contributed by atoms with van der Waals surface area (Å²) in [5, 5.41) is 4.75. The normalized spacial score (nSPS) is 10.7. The molecule has 0 radical (unpaired) electrons. The number of nitrogens with one attached hydrogen (secondary N) is 1. The van der Waals surface area contributed by atoms with Crippen LogP contribution in [0.2, 0.25) is 10.0 Å². The summed E-state index contributed by atoms with van der Waals surface area (Å²) >= 11 is 12.3. The smallest absolute Gasteiger partial charge is 0.332 e. The molecule has 9 heteroatoms. The number of ether oxygens (including phenoxy) is 3. The second-order valence-electron chi connectivity index (χ2n) is 5.73. The molecule has 0 saturated carbocycles. The average Bonchev–Trinajstić information content (AvgIpc) is 2.65. The standard InChI is InChI=1S/C19H21Cl2N3O4/c1-12-8-14(4-5-15(12)20)27-6-3-7-28-18-16(21)9-13(10-17(18)26-2)11-23-24-19(22)25/h4-5,8-11H,3,6-7H2,1-2H3,(H3,22,24,25). The van der Waals surface area contributed by atoms with Crippen LogP contribution in [0.5, 0.6) is 17.2 Å². The van der Waals surface area contributed by atoms with Gasteiger partial charge < -0.3 is 19.9 Å². The van der Waals surface area contributed by atoms with E-state index in [2.05, 4.69) is 10.5 Å². The van der Waals surface area contributed by atoms with Crippen LogP contribution in [0.1, 0.15) is 17.5 Å². The first kappa shape index (κ1) is 21.7. The van der Waals surface area contributed by atoms with Gasteiger partial charge in [0, 0.05) is 11.4 Å². The molecule has 2 rings (SSSR count). The van der Waals surface area contributed by atoms with Crippen molar-refractivity contribution in [1.82, 2.24) is 5.43 Å². The van der Waals surface area contributed by atoms with E-state index in [0.29, 0.717) is 46.7 Å². The Morgan fingerprint density at radius 3 is 2.61 bits per heavy atom. The number of hydrogen-bond acceptors (Lipinski definition) is 5. The Hall–Kier alpha value is -2.64. The number of hydrogen-bond donors (Lipinski definition) is 2. The molecule has 0 saturated heterocycles. The molecule has 0 aliphatic heterocycles. The number of amides is 2. The maximum atomic E-state index is 10.6. The van der Waals surface area contributed by atoms with E-state index in [4.69, 9.17) is 43.1 Å². The zero-order chi connectivity index (χ0) is 20.5. The fraction of sp³-hybridized carbons (Fsp3) is 0.263. The molecule has 28 heavy (non-hydrogen) atoms. The van der Waals surface area contributed by atoms with Crippen molar-refractivity contribution in [2.24, 2.45) is 10.8 Å². The minimum absolute atomic E-state index is 0.356. The van der Waals surface area contributed by atoms with E-state index >= 15 is 0 Å². The van der Waals surface area contributed by atoms with Crippen LogP contribution in [0.4, 0.5) is 4.79 Å². The molecule has 7 nitrogen and oxygen atoms in total. The Morgan fingerprint density at radius 1 is 1.18 bits per heavy atom. The van der Waals surface area contributed by atoms with E-state index in [1.807, 2.05) is 19.1 Å². The number of nitrogens with two attached hydrogens (primary N) is 1. The fourth-order valence-corrected chi connectivity index (χ4v) is 2.65. The van der Waals surface area contributed by atoms with Gasteiger partial charge in [-0.15, -0.1) is 0 Å². The number of urea groups is 1. The summed E-state index contributed by atoms with van der Waals surface area (Å²) in [6, 6.07) is 8.07. The van der Waals surface area contributed by atoms with Crippen molar-refractivity contribution in [2.45, 2.75) is 13.3 Å². The van der Waals surface area contributed by atoms with E-state index in [1.54, 1.807) is 18.2 Å². The van der Waals surface area contributed by atoms with E-state index in [0.717, 1.165) is 11.3 Å². The number of aryl methyl sites for hydroxylation is 1. The van der Waals surface area contributed by atoms with Crippen molar-refractivity contribution in [3.63, 3.8) is 0 Å². The van der Waals surface area contributed by atoms with E-state index < -0.39 is 6.03 Å². The second kappa shape index (κ2) is 10.6. The number of methoxy groups -OCH3 is 1.